The van der Waals surface area contributed by atoms with Crippen LogP contribution in [-0.4, -0.2) is 23.3 Å². The Morgan fingerprint density at radius 2 is 1.95 bits per heavy atom. The highest BCUT2D eigenvalue weighted by Gasteiger charge is 2.31. The molecule has 0 fully saturated rings. The van der Waals surface area contributed by atoms with Crippen LogP contribution in [-0.2, 0) is 9.59 Å². The van der Waals surface area contributed by atoms with Gasteiger partial charge in [0.1, 0.15) is 6.54 Å². The molecule has 1 atom stereocenters. The number of rotatable bonds is 1. The Balaban J connectivity index is 2.21. The summed E-state index contributed by atoms with van der Waals surface area (Å²) >= 11 is 6.04. The number of nitrogens with one attached hydrogen (secondary N) is 1. The van der Waals surface area contributed by atoms with Crippen molar-refractivity contribution in [3.8, 4) is 0 Å². The van der Waals surface area contributed by atoms with Crippen molar-refractivity contribution in [3.63, 3.8) is 0 Å². The SMILES string of the molecule is CC(=O)N1CC(=O)Nc2cc(Cl)ccc2C1c1ccccc1. The Labute approximate surface area is 133 Å². The van der Waals surface area contributed by atoms with Gasteiger partial charge in [-0.2, -0.15) is 0 Å². The summed E-state index contributed by atoms with van der Waals surface area (Å²) in [6.45, 7) is 1.49. The Morgan fingerprint density at radius 3 is 2.64 bits per heavy atom. The summed E-state index contributed by atoms with van der Waals surface area (Å²) in [4.78, 5) is 25.8. The van der Waals surface area contributed by atoms with Crippen LogP contribution in [0.25, 0.3) is 0 Å². The van der Waals surface area contributed by atoms with Crippen molar-refractivity contribution < 1.29 is 9.59 Å². The fraction of sp³-hybridized carbons (Fsp3) is 0.176. The number of carbonyl (C=O) groups excluding carboxylic acids is 2. The van der Waals surface area contributed by atoms with Gasteiger partial charge < -0.3 is 10.2 Å². The molecule has 0 radical (unpaired) electrons. The zero-order valence-corrected chi connectivity index (χ0v) is 12.8. The van der Waals surface area contributed by atoms with Crippen LogP contribution in [0.5, 0.6) is 0 Å². The molecule has 0 spiro atoms. The van der Waals surface area contributed by atoms with E-state index in [1.165, 1.54) is 6.92 Å². The van der Waals surface area contributed by atoms with Gasteiger partial charge in [0.25, 0.3) is 0 Å². The average Bonchev–Trinajstić information content (AvgIpc) is 2.63. The first-order valence-corrected chi connectivity index (χ1v) is 7.35. The Hall–Kier alpha value is -2.33. The monoisotopic (exact) mass is 314 g/mol. The summed E-state index contributed by atoms with van der Waals surface area (Å²) < 4.78 is 0. The fourth-order valence-corrected chi connectivity index (χ4v) is 2.94. The minimum Gasteiger partial charge on any atom is -0.324 e. The van der Waals surface area contributed by atoms with Gasteiger partial charge in [-0.25, -0.2) is 0 Å². The van der Waals surface area contributed by atoms with Gasteiger partial charge in [0.2, 0.25) is 11.8 Å². The number of amides is 2. The molecule has 1 N–H and O–H groups in total. The van der Waals surface area contributed by atoms with Crippen LogP contribution < -0.4 is 5.32 Å². The lowest BCUT2D eigenvalue weighted by Gasteiger charge is -2.29. The Bertz CT molecular complexity index is 731. The van der Waals surface area contributed by atoms with E-state index in [1.54, 1.807) is 17.0 Å². The van der Waals surface area contributed by atoms with E-state index in [0.717, 1.165) is 11.1 Å². The molecule has 1 unspecified atom stereocenters. The van der Waals surface area contributed by atoms with Gasteiger partial charge in [0.05, 0.1) is 6.04 Å². The molecule has 0 bridgehead atoms. The predicted molar refractivity (Wildman–Crippen MR) is 85.8 cm³/mol. The number of nitrogens with zero attached hydrogens (tertiary/aromatic N) is 1. The lowest BCUT2D eigenvalue weighted by atomic mass is 9.96. The van der Waals surface area contributed by atoms with E-state index in [4.69, 9.17) is 11.6 Å². The second-order valence-electron chi connectivity index (χ2n) is 5.24. The maximum atomic E-state index is 12.1. The number of carbonyl (C=O) groups is 2. The van der Waals surface area contributed by atoms with Gasteiger partial charge >= 0.3 is 0 Å². The highest BCUT2D eigenvalue weighted by molar-refractivity contribution is 6.31. The minimum atomic E-state index is -0.315. The molecule has 0 aliphatic carbocycles. The van der Waals surface area contributed by atoms with Crippen molar-refractivity contribution in [1.82, 2.24) is 4.90 Å². The predicted octanol–water partition coefficient (Wildman–Crippen LogP) is 3.23. The molecule has 0 aromatic heterocycles. The van der Waals surface area contributed by atoms with E-state index in [2.05, 4.69) is 5.32 Å². The van der Waals surface area contributed by atoms with Crippen LogP contribution in [0.1, 0.15) is 24.1 Å². The molecule has 4 nitrogen and oxygen atoms in total. The van der Waals surface area contributed by atoms with Gasteiger partial charge in [-0.3, -0.25) is 9.59 Å². The number of halogens is 1. The van der Waals surface area contributed by atoms with Gasteiger partial charge in [-0.15, -0.1) is 0 Å². The summed E-state index contributed by atoms with van der Waals surface area (Å²) in [5.41, 5.74) is 2.46. The summed E-state index contributed by atoms with van der Waals surface area (Å²) in [5.74, 6) is -0.371. The molecule has 3 rings (SSSR count). The Morgan fingerprint density at radius 1 is 1.23 bits per heavy atom. The molecule has 2 aromatic rings. The third kappa shape index (κ3) is 2.70. The largest absolute Gasteiger partial charge is 0.324 e. The molecule has 1 heterocycles. The topological polar surface area (TPSA) is 49.4 Å². The molecule has 1 aliphatic heterocycles. The highest BCUT2D eigenvalue weighted by atomic mass is 35.5. The maximum Gasteiger partial charge on any atom is 0.244 e. The zero-order chi connectivity index (χ0) is 15.7. The first kappa shape index (κ1) is 14.6. The van der Waals surface area contributed by atoms with Crippen LogP contribution in [0.2, 0.25) is 5.02 Å². The van der Waals surface area contributed by atoms with Gasteiger partial charge in [-0.05, 0) is 17.7 Å². The minimum absolute atomic E-state index is 0.0151. The lowest BCUT2D eigenvalue weighted by Crippen LogP contribution is -2.37. The van der Waals surface area contributed by atoms with Crippen LogP contribution in [0.15, 0.2) is 48.5 Å². The number of fused-ring (bicyclic) bond motifs is 1. The molecule has 2 amide bonds. The first-order valence-electron chi connectivity index (χ1n) is 6.97. The van der Waals surface area contributed by atoms with Crippen molar-refractivity contribution in [3.05, 3.63) is 64.7 Å². The average molecular weight is 315 g/mol. The molecular formula is C17H15ClN2O2. The lowest BCUT2D eigenvalue weighted by molar-refractivity contribution is -0.134. The van der Waals surface area contributed by atoms with E-state index >= 15 is 0 Å². The third-order valence-electron chi connectivity index (χ3n) is 3.73. The van der Waals surface area contributed by atoms with Crippen molar-refractivity contribution in [1.29, 1.82) is 0 Å². The van der Waals surface area contributed by atoms with Gasteiger partial charge in [-0.1, -0.05) is 48.0 Å². The van der Waals surface area contributed by atoms with Crippen molar-refractivity contribution >= 4 is 29.1 Å². The molecule has 2 aromatic carbocycles. The van der Waals surface area contributed by atoms with E-state index in [-0.39, 0.29) is 24.4 Å². The van der Waals surface area contributed by atoms with Crippen molar-refractivity contribution in [2.45, 2.75) is 13.0 Å². The summed E-state index contributed by atoms with van der Waals surface area (Å²) in [6, 6.07) is 14.7. The number of hydrogen-bond donors (Lipinski definition) is 1. The van der Waals surface area contributed by atoms with E-state index < -0.39 is 0 Å². The van der Waals surface area contributed by atoms with Crippen LogP contribution in [0, 0.1) is 0 Å². The second kappa shape index (κ2) is 5.81. The number of benzene rings is 2. The molecule has 0 saturated heterocycles. The van der Waals surface area contributed by atoms with Crippen LogP contribution in [0.4, 0.5) is 5.69 Å². The van der Waals surface area contributed by atoms with E-state index in [1.807, 2.05) is 36.4 Å². The van der Waals surface area contributed by atoms with Crippen LogP contribution in [0.3, 0.4) is 0 Å². The van der Waals surface area contributed by atoms with Crippen LogP contribution >= 0.6 is 11.6 Å². The second-order valence-corrected chi connectivity index (χ2v) is 5.68. The molecular weight excluding hydrogens is 300 g/mol. The zero-order valence-electron chi connectivity index (χ0n) is 12.0. The smallest absolute Gasteiger partial charge is 0.244 e. The fourth-order valence-electron chi connectivity index (χ4n) is 2.77. The number of anilines is 1. The highest BCUT2D eigenvalue weighted by Crippen LogP contribution is 2.36. The summed E-state index contributed by atoms with van der Waals surface area (Å²) in [6.07, 6.45) is 0. The van der Waals surface area contributed by atoms with Gasteiger partial charge in [0.15, 0.2) is 0 Å². The first-order chi connectivity index (χ1) is 10.6. The number of hydrogen-bond acceptors (Lipinski definition) is 2. The third-order valence-corrected chi connectivity index (χ3v) is 3.96. The van der Waals surface area contributed by atoms with E-state index in [9.17, 15) is 9.59 Å². The normalized spacial score (nSPS) is 17.5. The molecule has 112 valence electrons. The van der Waals surface area contributed by atoms with Gasteiger partial charge in [0, 0.05) is 23.2 Å². The van der Waals surface area contributed by atoms with Crippen molar-refractivity contribution in [2.24, 2.45) is 0 Å². The van der Waals surface area contributed by atoms with Crippen molar-refractivity contribution in [2.75, 3.05) is 11.9 Å². The summed E-state index contributed by atoms with van der Waals surface area (Å²) in [5, 5.41) is 3.37. The van der Waals surface area contributed by atoms with E-state index in [0.29, 0.717) is 10.7 Å². The Kier molecular flexibility index (Phi) is 3.86. The molecule has 5 heteroatoms. The molecule has 1 aliphatic rings. The summed E-state index contributed by atoms with van der Waals surface area (Å²) in [7, 11) is 0. The molecule has 0 saturated carbocycles. The maximum absolute atomic E-state index is 12.1. The molecule has 22 heavy (non-hydrogen) atoms. The standard InChI is InChI=1S/C17H15ClN2O2/c1-11(21)20-10-16(22)19-15-9-13(18)7-8-14(15)17(20)12-5-3-2-4-6-12/h2-9,17H,10H2,1H3,(H,19,22). The quantitative estimate of drug-likeness (QED) is 0.878.